The van der Waals surface area contributed by atoms with Crippen molar-refractivity contribution in [2.24, 2.45) is 0 Å². The molecule has 0 radical (unpaired) electrons. The van der Waals surface area contributed by atoms with E-state index < -0.39 is 0 Å². The fourth-order valence-corrected chi connectivity index (χ4v) is 4.35. The van der Waals surface area contributed by atoms with Crippen LogP contribution in [-0.2, 0) is 4.74 Å². The fourth-order valence-electron chi connectivity index (χ4n) is 3.23. The van der Waals surface area contributed by atoms with Crippen molar-refractivity contribution in [3.63, 3.8) is 0 Å². The number of hydrogen-bond acceptors (Lipinski definition) is 5. The van der Waals surface area contributed by atoms with Crippen LogP contribution in [0.1, 0.15) is 17.8 Å². The van der Waals surface area contributed by atoms with E-state index in [2.05, 4.69) is 4.98 Å². The van der Waals surface area contributed by atoms with E-state index in [9.17, 15) is 5.11 Å². The van der Waals surface area contributed by atoms with Gasteiger partial charge in [0.2, 0.25) is 0 Å². The highest BCUT2D eigenvalue weighted by Gasteiger charge is 2.32. The van der Waals surface area contributed by atoms with Crippen molar-refractivity contribution >= 4 is 34.3 Å². The number of hydrogen-bond donors (Lipinski definition) is 2. The molecule has 1 fully saturated rings. The Bertz CT molecular complexity index is 842. The normalized spacial score (nSPS) is 20.8. The summed E-state index contributed by atoms with van der Waals surface area (Å²) in [7, 11) is 0. The Morgan fingerprint density at radius 3 is 3.00 bits per heavy atom. The van der Waals surface area contributed by atoms with Crippen LogP contribution in [-0.4, -0.2) is 46.6 Å². The van der Waals surface area contributed by atoms with Crippen LogP contribution in [0.2, 0.25) is 5.02 Å². The van der Waals surface area contributed by atoms with E-state index in [1.54, 1.807) is 0 Å². The summed E-state index contributed by atoms with van der Waals surface area (Å²) >= 11 is 7.66. The van der Waals surface area contributed by atoms with Crippen molar-refractivity contribution in [1.82, 2.24) is 9.88 Å². The summed E-state index contributed by atoms with van der Waals surface area (Å²) in [5.41, 5.74) is 2.13. The Balaban J connectivity index is 1.56. The third-order valence-corrected chi connectivity index (χ3v) is 5.69. The third-order valence-electron chi connectivity index (χ3n) is 4.50. The van der Waals surface area contributed by atoms with E-state index >= 15 is 0 Å². The number of amidine groups is 1. The predicted molar refractivity (Wildman–Crippen MR) is 100 cm³/mol. The van der Waals surface area contributed by atoms with E-state index in [0.717, 1.165) is 30.7 Å². The molecule has 1 aromatic heterocycles. The zero-order valence-electron chi connectivity index (χ0n) is 13.5. The Hall–Kier alpha value is -1.89. The molecule has 5 nitrogen and oxygen atoms in total. The molecule has 3 heterocycles. The number of nitrogens with one attached hydrogen (secondary N) is 1. The Morgan fingerprint density at radius 2 is 2.24 bits per heavy atom. The lowest BCUT2D eigenvalue weighted by molar-refractivity contribution is 0.0924. The second-order valence-corrected chi connectivity index (χ2v) is 7.47. The van der Waals surface area contributed by atoms with Crippen LogP contribution in [0.3, 0.4) is 0 Å². The first-order valence-corrected chi connectivity index (χ1v) is 9.47. The molecule has 7 heteroatoms. The van der Waals surface area contributed by atoms with Crippen molar-refractivity contribution in [2.45, 2.75) is 18.9 Å². The number of nitrogens with zero attached hydrogens (tertiary/aromatic N) is 2. The van der Waals surface area contributed by atoms with Crippen molar-refractivity contribution in [3.8, 4) is 11.3 Å². The first-order valence-electron chi connectivity index (χ1n) is 8.22. The zero-order chi connectivity index (χ0) is 17.4. The number of thiazole rings is 1. The number of aliphatic hydroxyl groups excluding tert-OH is 1. The molecule has 130 valence electrons. The number of aliphatic hydroxyl groups is 1. The summed E-state index contributed by atoms with van der Waals surface area (Å²) in [6, 6.07) is 7.54. The maximum atomic E-state index is 10.4. The number of benzene rings is 1. The highest BCUT2D eigenvalue weighted by atomic mass is 35.5. The van der Waals surface area contributed by atoms with Crippen molar-refractivity contribution in [1.29, 1.82) is 5.41 Å². The first-order chi connectivity index (χ1) is 12.1. The predicted octanol–water partition coefficient (Wildman–Crippen LogP) is 4.20. The fraction of sp³-hybridized carbons (Fsp3) is 0.333. The molecule has 0 unspecified atom stereocenters. The van der Waals surface area contributed by atoms with Crippen molar-refractivity contribution < 1.29 is 9.84 Å². The molecule has 2 aliphatic heterocycles. The summed E-state index contributed by atoms with van der Waals surface area (Å²) in [5, 5.41) is 22.0. The summed E-state index contributed by atoms with van der Waals surface area (Å²) in [5.74, 6) is 0.510. The van der Waals surface area contributed by atoms with Gasteiger partial charge in [0.05, 0.1) is 23.9 Å². The van der Waals surface area contributed by atoms with Gasteiger partial charge in [-0.1, -0.05) is 29.8 Å². The molecule has 25 heavy (non-hydrogen) atoms. The van der Waals surface area contributed by atoms with Crippen LogP contribution in [0.4, 0.5) is 0 Å². The lowest BCUT2D eigenvalue weighted by Gasteiger charge is -2.21. The molecule has 2 aromatic rings. The van der Waals surface area contributed by atoms with E-state index in [1.807, 2.05) is 34.5 Å². The minimum atomic E-state index is 0.141. The van der Waals surface area contributed by atoms with Crippen LogP contribution >= 0.6 is 22.9 Å². The molecular formula is C18H18ClN3O2S. The van der Waals surface area contributed by atoms with Gasteiger partial charge in [-0.2, -0.15) is 0 Å². The second-order valence-electron chi connectivity index (χ2n) is 6.20. The largest absolute Gasteiger partial charge is 0.510 e. The molecule has 2 aliphatic rings. The van der Waals surface area contributed by atoms with Crippen LogP contribution in [0.15, 0.2) is 35.4 Å². The summed E-state index contributed by atoms with van der Waals surface area (Å²) in [6.45, 7) is 1.76. The van der Waals surface area contributed by atoms with Crippen LogP contribution < -0.4 is 0 Å². The molecule has 1 aromatic carbocycles. The number of aromatic nitrogens is 1. The van der Waals surface area contributed by atoms with Gasteiger partial charge in [-0.3, -0.25) is 5.41 Å². The van der Waals surface area contributed by atoms with Gasteiger partial charge in [-0.15, -0.1) is 11.3 Å². The topological polar surface area (TPSA) is 69.4 Å². The van der Waals surface area contributed by atoms with Gasteiger partial charge in [0.15, 0.2) is 0 Å². The molecule has 0 aliphatic carbocycles. The molecule has 1 saturated heterocycles. The van der Waals surface area contributed by atoms with Gasteiger partial charge in [0.25, 0.3) is 0 Å². The minimum Gasteiger partial charge on any atom is -0.510 e. The monoisotopic (exact) mass is 375 g/mol. The maximum absolute atomic E-state index is 10.4. The average molecular weight is 376 g/mol. The molecule has 0 bridgehead atoms. The molecule has 0 saturated carbocycles. The van der Waals surface area contributed by atoms with Gasteiger partial charge in [0.1, 0.15) is 16.6 Å². The van der Waals surface area contributed by atoms with E-state index in [1.165, 1.54) is 11.3 Å². The molecular weight excluding hydrogens is 358 g/mol. The van der Waals surface area contributed by atoms with Gasteiger partial charge in [-0.25, -0.2) is 4.98 Å². The molecule has 1 atom stereocenters. The standard InChI is InChI=1S/C18H18ClN3O2S/c19-13-6-2-1-5-12(13)14-10-25-18(21-14)16-15(23)9-22(17(16)20)8-11-4-3-7-24-11/h1-2,5-6,10-11,20,23H,3-4,7-9H2/t11-/m0/s1. The lowest BCUT2D eigenvalue weighted by Crippen LogP contribution is -2.34. The molecule has 0 amide bonds. The van der Waals surface area contributed by atoms with Crippen molar-refractivity contribution in [3.05, 3.63) is 45.4 Å². The highest BCUT2D eigenvalue weighted by molar-refractivity contribution is 7.11. The van der Waals surface area contributed by atoms with Crippen LogP contribution in [0.25, 0.3) is 16.8 Å². The Labute approximate surface area is 155 Å². The summed E-state index contributed by atoms with van der Waals surface area (Å²) < 4.78 is 5.65. The van der Waals surface area contributed by atoms with Crippen LogP contribution in [0.5, 0.6) is 0 Å². The third kappa shape index (κ3) is 3.17. The van der Waals surface area contributed by atoms with E-state index in [4.69, 9.17) is 21.7 Å². The first kappa shape index (κ1) is 16.6. The minimum absolute atomic E-state index is 0.141. The maximum Gasteiger partial charge on any atom is 0.135 e. The molecule has 4 rings (SSSR count). The Kier molecular flexibility index (Phi) is 4.50. The van der Waals surface area contributed by atoms with Gasteiger partial charge in [0, 0.05) is 29.1 Å². The summed E-state index contributed by atoms with van der Waals surface area (Å²) in [6.07, 6.45) is 2.21. The van der Waals surface area contributed by atoms with E-state index in [-0.39, 0.29) is 11.9 Å². The molecule has 2 N–H and O–H groups in total. The quantitative estimate of drug-likeness (QED) is 0.840. The van der Waals surface area contributed by atoms with E-state index in [0.29, 0.717) is 34.5 Å². The van der Waals surface area contributed by atoms with Gasteiger partial charge in [-0.05, 0) is 18.9 Å². The highest BCUT2D eigenvalue weighted by Crippen LogP contribution is 2.34. The van der Waals surface area contributed by atoms with Gasteiger partial charge >= 0.3 is 0 Å². The van der Waals surface area contributed by atoms with Gasteiger partial charge < -0.3 is 14.7 Å². The zero-order valence-corrected chi connectivity index (χ0v) is 15.1. The lowest BCUT2D eigenvalue weighted by atomic mass is 10.2. The Morgan fingerprint density at radius 1 is 1.40 bits per heavy atom. The molecule has 0 spiro atoms. The number of halogens is 1. The van der Waals surface area contributed by atoms with Crippen LogP contribution in [0, 0.1) is 5.41 Å². The number of rotatable bonds is 4. The number of ether oxygens (including phenoxy) is 1. The average Bonchev–Trinajstić information content (AvgIpc) is 3.31. The second kappa shape index (κ2) is 6.78. The SMILES string of the molecule is N=C1C(c2nc(-c3ccccc3Cl)cs2)=C(O)CN1C[C@@H]1CCCO1. The smallest absolute Gasteiger partial charge is 0.135 e. The summed E-state index contributed by atoms with van der Waals surface area (Å²) in [4.78, 5) is 6.47. The van der Waals surface area contributed by atoms with Crippen molar-refractivity contribution in [2.75, 3.05) is 19.7 Å².